The Bertz CT molecular complexity index is 1010. The Morgan fingerprint density at radius 2 is 1.91 bits per heavy atom. The van der Waals surface area contributed by atoms with Crippen LogP contribution in [0, 0.1) is 5.41 Å². The molecule has 0 atom stereocenters. The summed E-state index contributed by atoms with van der Waals surface area (Å²) in [7, 11) is 0. The SMILES string of the molecule is CC(C)N1CCC(Oc2ccc3c(c2)CC2(CCN(c4ccc(C(N)=O)cn4)CC2)CO3)CC1. The summed E-state index contributed by atoms with van der Waals surface area (Å²) in [6.45, 7) is 9.35. The Kier molecular flexibility index (Phi) is 6.38. The number of likely N-dealkylation sites (tertiary alicyclic amines) is 1. The zero-order valence-corrected chi connectivity index (χ0v) is 20.3. The summed E-state index contributed by atoms with van der Waals surface area (Å²) in [6.07, 6.45) is 7.14. The number of aromatic nitrogens is 1. The van der Waals surface area contributed by atoms with Gasteiger partial charge in [-0.15, -0.1) is 0 Å². The topological polar surface area (TPSA) is 80.9 Å². The molecular weight excluding hydrogens is 428 g/mol. The molecule has 3 aliphatic rings. The summed E-state index contributed by atoms with van der Waals surface area (Å²) in [5, 5.41) is 0. The zero-order chi connectivity index (χ0) is 23.7. The van der Waals surface area contributed by atoms with Gasteiger partial charge in [-0.05, 0) is 81.8 Å². The third kappa shape index (κ3) is 4.85. The second-order valence-corrected chi connectivity index (χ2v) is 10.4. The van der Waals surface area contributed by atoms with Gasteiger partial charge >= 0.3 is 0 Å². The lowest BCUT2D eigenvalue weighted by atomic mass is 9.73. The number of fused-ring (bicyclic) bond motifs is 1. The van der Waals surface area contributed by atoms with Gasteiger partial charge in [-0.3, -0.25) is 4.79 Å². The average Bonchev–Trinajstić information content (AvgIpc) is 2.85. The van der Waals surface area contributed by atoms with Gasteiger partial charge in [-0.1, -0.05) is 0 Å². The first kappa shape index (κ1) is 23.0. The number of ether oxygens (including phenoxy) is 2. The lowest BCUT2D eigenvalue weighted by Crippen LogP contribution is -2.46. The molecule has 0 radical (unpaired) electrons. The number of benzene rings is 1. The first-order valence-electron chi connectivity index (χ1n) is 12.6. The molecule has 0 saturated carbocycles. The van der Waals surface area contributed by atoms with Crippen LogP contribution in [0.2, 0.25) is 0 Å². The minimum Gasteiger partial charge on any atom is -0.493 e. The summed E-state index contributed by atoms with van der Waals surface area (Å²) in [4.78, 5) is 20.6. The van der Waals surface area contributed by atoms with Gasteiger partial charge in [0.2, 0.25) is 5.91 Å². The van der Waals surface area contributed by atoms with Crippen LogP contribution < -0.4 is 20.1 Å². The highest BCUT2D eigenvalue weighted by molar-refractivity contribution is 5.92. The van der Waals surface area contributed by atoms with Crippen molar-refractivity contribution in [3.63, 3.8) is 0 Å². The summed E-state index contributed by atoms with van der Waals surface area (Å²) < 4.78 is 12.6. The first-order valence-corrected chi connectivity index (χ1v) is 12.6. The molecular formula is C27H36N4O3. The molecule has 1 spiro atoms. The fraction of sp³-hybridized carbons (Fsp3) is 0.556. The predicted octanol–water partition coefficient (Wildman–Crippen LogP) is 3.65. The third-order valence-corrected chi connectivity index (χ3v) is 7.82. The van der Waals surface area contributed by atoms with Crippen LogP contribution in [-0.4, -0.2) is 60.7 Å². The molecule has 1 aromatic heterocycles. The molecule has 3 aliphatic heterocycles. The minimum absolute atomic E-state index is 0.151. The van der Waals surface area contributed by atoms with Crippen LogP contribution in [0.4, 0.5) is 5.82 Å². The van der Waals surface area contributed by atoms with Crippen LogP contribution in [0.15, 0.2) is 36.5 Å². The third-order valence-electron chi connectivity index (χ3n) is 7.82. The second kappa shape index (κ2) is 9.45. The summed E-state index contributed by atoms with van der Waals surface area (Å²) in [5.41, 5.74) is 7.19. The number of hydrogen-bond donors (Lipinski definition) is 1. The quantitative estimate of drug-likeness (QED) is 0.728. The smallest absolute Gasteiger partial charge is 0.250 e. The second-order valence-electron chi connectivity index (χ2n) is 10.4. The molecule has 2 fully saturated rings. The highest BCUT2D eigenvalue weighted by atomic mass is 16.5. The largest absolute Gasteiger partial charge is 0.493 e. The number of carbonyl (C=O) groups excluding carboxylic acids is 1. The van der Waals surface area contributed by atoms with Gasteiger partial charge in [-0.2, -0.15) is 0 Å². The number of rotatable bonds is 5. The lowest BCUT2D eigenvalue weighted by Gasteiger charge is -2.44. The predicted molar refractivity (Wildman–Crippen MR) is 133 cm³/mol. The Balaban J connectivity index is 1.20. The van der Waals surface area contributed by atoms with Gasteiger partial charge < -0.3 is 25.0 Å². The van der Waals surface area contributed by atoms with E-state index in [-0.39, 0.29) is 5.41 Å². The van der Waals surface area contributed by atoms with E-state index in [9.17, 15) is 4.79 Å². The molecule has 0 aliphatic carbocycles. The molecule has 0 bridgehead atoms. The molecule has 34 heavy (non-hydrogen) atoms. The van der Waals surface area contributed by atoms with Crippen LogP contribution >= 0.6 is 0 Å². The fourth-order valence-corrected chi connectivity index (χ4v) is 5.55. The van der Waals surface area contributed by atoms with Crippen LogP contribution in [0.5, 0.6) is 11.5 Å². The maximum atomic E-state index is 11.3. The number of anilines is 1. The van der Waals surface area contributed by atoms with E-state index in [0.29, 0.717) is 17.7 Å². The molecule has 7 nitrogen and oxygen atoms in total. The van der Waals surface area contributed by atoms with Crippen LogP contribution in [0.3, 0.4) is 0 Å². The molecule has 2 aromatic rings. The Morgan fingerprint density at radius 3 is 2.56 bits per heavy atom. The molecule has 182 valence electrons. The van der Waals surface area contributed by atoms with Crippen LogP contribution in [0.25, 0.3) is 0 Å². The normalized spacial score (nSPS) is 20.7. The standard InChI is InChI=1S/C27H36N4O3/c1-19(2)30-11-7-22(8-12-30)34-23-4-5-24-21(15-23)16-27(18-33-24)9-13-31(14-10-27)25-6-3-20(17-29-25)26(28)32/h3-6,15,17,19,22H,7-14,16,18H2,1-2H3,(H2,28,32). The molecule has 1 amide bonds. The first-order chi connectivity index (χ1) is 16.4. The molecule has 2 saturated heterocycles. The Labute approximate surface area is 202 Å². The van der Waals surface area contributed by atoms with E-state index in [1.165, 1.54) is 5.56 Å². The number of amides is 1. The van der Waals surface area contributed by atoms with Crippen LogP contribution in [-0.2, 0) is 6.42 Å². The van der Waals surface area contributed by atoms with Crippen molar-refractivity contribution in [2.75, 3.05) is 37.7 Å². The summed E-state index contributed by atoms with van der Waals surface area (Å²) >= 11 is 0. The van der Waals surface area contributed by atoms with E-state index in [0.717, 1.165) is 82.2 Å². The lowest BCUT2D eigenvalue weighted by molar-refractivity contribution is 0.0816. The van der Waals surface area contributed by atoms with Crippen molar-refractivity contribution >= 4 is 11.7 Å². The number of nitrogens with two attached hydrogens (primary N) is 1. The van der Waals surface area contributed by atoms with E-state index in [2.05, 4.69) is 46.8 Å². The number of pyridine rings is 1. The summed E-state index contributed by atoms with van der Waals surface area (Å²) in [5.74, 6) is 2.42. The van der Waals surface area contributed by atoms with E-state index in [1.807, 2.05) is 6.07 Å². The van der Waals surface area contributed by atoms with Crippen molar-refractivity contribution in [3.8, 4) is 11.5 Å². The van der Waals surface area contributed by atoms with Crippen molar-refractivity contribution in [1.29, 1.82) is 0 Å². The maximum absolute atomic E-state index is 11.3. The van der Waals surface area contributed by atoms with E-state index in [1.54, 1.807) is 12.3 Å². The number of piperidine rings is 2. The van der Waals surface area contributed by atoms with Crippen molar-refractivity contribution in [1.82, 2.24) is 9.88 Å². The van der Waals surface area contributed by atoms with Crippen molar-refractivity contribution in [2.45, 2.75) is 58.1 Å². The van der Waals surface area contributed by atoms with Gasteiger partial charge in [0.1, 0.15) is 23.4 Å². The Morgan fingerprint density at radius 1 is 1.15 bits per heavy atom. The molecule has 2 N–H and O–H groups in total. The van der Waals surface area contributed by atoms with Crippen molar-refractivity contribution in [3.05, 3.63) is 47.7 Å². The van der Waals surface area contributed by atoms with Gasteiger partial charge in [0.05, 0.1) is 12.2 Å². The number of primary amides is 1. The molecule has 4 heterocycles. The van der Waals surface area contributed by atoms with Gasteiger partial charge in [0, 0.05) is 43.8 Å². The van der Waals surface area contributed by atoms with E-state index >= 15 is 0 Å². The van der Waals surface area contributed by atoms with Gasteiger partial charge in [-0.25, -0.2) is 4.98 Å². The summed E-state index contributed by atoms with van der Waals surface area (Å²) in [6, 6.07) is 10.6. The van der Waals surface area contributed by atoms with E-state index < -0.39 is 5.91 Å². The minimum atomic E-state index is -0.445. The maximum Gasteiger partial charge on any atom is 0.250 e. The Hall–Kier alpha value is -2.80. The van der Waals surface area contributed by atoms with Gasteiger partial charge in [0.15, 0.2) is 0 Å². The molecule has 5 rings (SSSR count). The molecule has 7 heteroatoms. The zero-order valence-electron chi connectivity index (χ0n) is 20.3. The fourth-order valence-electron chi connectivity index (χ4n) is 5.55. The highest BCUT2D eigenvalue weighted by Crippen LogP contribution is 2.43. The monoisotopic (exact) mass is 464 g/mol. The molecule has 0 unspecified atom stereocenters. The van der Waals surface area contributed by atoms with Crippen LogP contribution in [0.1, 0.15) is 55.5 Å². The number of hydrogen-bond acceptors (Lipinski definition) is 6. The van der Waals surface area contributed by atoms with E-state index in [4.69, 9.17) is 15.2 Å². The number of nitrogens with zero attached hydrogens (tertiary/aromatic N) is 3. The van der Waals surface area contributed by atoms with Gasteiger partial charge in [0.25, 0.3) is 0 Å². The van der Waals surface area contributed by atoms with Crippen molar-refractivity contribution in [2.24, 2.45) is 11.1 Å². The molecule has 1 aromatic carbocycles. The number of carbonyl (C=O) groups is 1. The van der Waals surface area contributed by atoms with Crippen molar-refractivity contribution < 1.29 is 14.3 Å². The highest BCUT2D eigenvalue weighted by Gasteiger charge is 2.39. The average molecular weight is 465 g/mol.